The van der Waals surface area contributed by atoms with Crippen LogP contribution in [0.5, 0.6) is 5.75 Å². The third-order valence-corrected chi connectivity index (χ3v) is 3.59. The first-order chi connectivity index (χ1) is 12.6. The third kappa shape index (κ3) is 6.65. The first kappa shape index (κ1) is 20.3. The second-order valence-corrected chi connectivity index (χ2v) is 5.94. The normalized spacial score (nSPS) is 11.0. The van der Waals surface area contributed by atoms with Crippen LogP contribution in [0.15, 0.2) is 42.5 Å². The average molecular weight is 380 g/mol. The quantitative estimate of drug-likeness (QED) is 0.801. The number of carbonyl (C=O) groups is 2. The summed E-state index contributed by atoms with van der Waals surface area (Å²) in [6, 6.07) is 10.9. The van der Waals surface area contributed by atoms with Crippen molar-refractivity contribution < 1.29 is 27.5 Å². The fourth-order valence-electron chi connectivity index (χ4n) is 2.24. The lowest BCUT2D eigenvalue weighted by Gasteiger charge is -2.11. The Bertz CT molecular complexity index is 818. The fourth-order valence-corrected chi connectivity index (χ4v) is 2.24. The third-order valence-electron chi connectivity index (χ3n) is 3.59. The molecule has 0 aromatic heterocycles. The zero-order valence-corrected chi connectivity index (χ0v) is 14.8. The van der Waals surface area contributed by atoms with Crippen LogP contribution in [0.2, 0.25) is 0 Å². The van der Waals surface area contributed by atoms with E-state index in [1.165, 1.54) is 19.1 Å². The van der Waals surface area contributed by atoms with Gasteiger partial charge < -0.3 is 15.4 Å². The number of benzene rings is 2. The van der Waals surface area contributed by atoms with Gasteiger partial charge >= 0.3 is 6.18 Å². The highest BCUT2D eigenvalue weighted by Gasteiger charge is 2.28. The second-order valence-electron chi connectivity index (χ2n) is 5.94. The summed E-state index contributed by atoms with van der Waals surface area (Å²) in [5.41, 5.74) is 2.48. The van der Waals surface area contributed by atoms with Gasteiger partial charge in [-0.15, -0.1) is 0 Å². The summed E-state index contributed by atoms with van der Waals surface area (Å²) in [6.45, 7) is 2.04. The molecule has 0 saturated heterocycles. The van der Waals surface area contributed by atoms with Crippen LogP contribution < -0.4 is 15.4 Å². The Hall–Kier alpha value is -3.03. The van der Waals surface area contributed by atoms with Crippen molar-refractivity contribution in [3.8, 4) is 5.75 Å². The van der Waals surface area contributed by atoms with E-state index in [1.807, 2.05) is 6.92 Å². The van der Waals surface area contributed by atoms with Crippen LogP contribution in [-0.4, -0.2) is 24.6 Å². The van der Waals surface area contributed by atoms with Gasteiger partial charge in [0, 0.05) is 24.7 Å². The van der Waals surface area contributed by atoms with E-state index in [0.29, 0.717) is 16.8 Å². The molecule has 0 bridgehead atoms. The molecular formula is C19H19F3N2O3. The maximum atomic E-state index is 12.3. The lowest BCUT2D eigenvalue weighted by molar-refractivity contribution is -0.153. The van der Waals surface area contributed by atoms with E-state index >= 15 is 0 Å². The number of anilines is 1. The molecule has 0 fully saturated rings. The van der Waals surface area contributed by atoms with Gasteiger partial charge in [0.1, 0.15) is 5.75 Å². The van der Waals surface area contributed by atoms with Gasteiger partial charge in [0.05, 0.1) is 0 Å². The summed E-state index contributed by atoms with van der Waals surface area (Å²) in [5, 5.41) is 5.38. The van der Waals surface area contributed by atoms with Gasteiger partial charge in [0.25, 0.3) is 5.91 Å². The van der Waals surface area contributed by atoms with Gasteiger partial charge in [0.2, 0.25) is 5.91 Å². The van der Waals surface area contributed by atoms with Crippen LogP contribution in [0.4, 0.5) is 18.9 Å². The van der Waals surface area contributed by atoms with E-state index in [-0.39, 0.29) is 24.1 Å². The summed E-state index contributed by atoms with van der Waals surface area (Å²) in [5.74, 6) is -0.469. The summed E-state index contributed by atoms with van der Waals surface area (Å²) >= 11 is 0. The molecule has 0 spiro atoms. The molecule has 0 atom stereocenters. The number of hydrogen-bond acceptors (Lipinski definition) is 3. The summed E-state index contributed by atoms with van der Waals surface area (Å²) in [6.07, 6.45) is -4.39. The molecule has 0 saturated carbocycles. The predicted octanol–water partition coefficient (Wildman–Crippen LogP) is 3.82. The van der Waals surface area contributed by atoms with Crippen molar-refractivity contribution >= 4 is 17.5 Å². The summed E-state index contributed by atoms with van der Waals surface area (Å²) < 4.78 is 41.0. The molecule has 2 aromatic carbocycles. The Morgan fingerprint density at radius 2 is 1.74 bits per heavy atom. The lowest BCUT2D eigenvalue weighted by atomic mass is 10.1. The van der Waals surface area contributed by atoms with Crippen molar-refractivity contribution in [2.45, 2.75) is 26.6 Å². The fraction of sp³-hybridized carbons (Fsp3) is 0.263. The number of amides is 2. The van der Waals surface area contributed by atoms with Crippen molar-refractivity contribution in [2.75, 3.05) is 11.9 Å². The van der Waals surface area contributed by atoms with Crippen LogP contribution >= 0.6 is 0 Å². The molecular weight excluding hydrogens is 361 g/mol. The molecule has 0 aliphatic heterocycles. The molecule has 0 aliphatic rings. The number of rotatable bonds is 6. The van der Waals surface area contributed by atoms with E-state index < -0.39 is 12.8 Å². The van der Waals surface area contributed by atoms with Crippen molar-refractivity contribution in [1.29, 1.82) is 0 Å². The van der Waals surface area contributed by atoms with Crippen molar-refractivity contribution in [3.63, 3.8) is 0 Å². The van der Waals surface area contributed by atoms with Crippen LogP contribution in [-0.2, 0) is 11.3 Å². The molecule has 0 radical (unpaired) electrons. The molecule has 8 heteroatoms. The van der Waals surface area contributed by atoms with E-state index in [0.717, 1.165) is 5.56 Å². The Labute approximate surface area is 154 Å². The van der Waals surface area contributed by atoms with Crippen LogP contribution in [0.25, 0.3) is 0 Å². The largest absolute Gasteiger partial charge is 0.484 e. The molecule has 2 rings (SSSR count). The number of aryl methyl sites for hydroxylation is 1. The predicted molar refractivity (Wildman–Crippen MR) is 94.6 cm³/mol. The molecule has 5 nitrogen and oxygen atoms in total. The maximum Gasteiger partial charge on any atom is 0.422 e. The number of alkyl halides is 3. The SMILES string of the molecule is CC(=O)Nc1cc(C(=O)NCc2ccc(OCC(F)(F)F)cc2)ccc1C. The maximum absolute atomic E-state index is 12.3. The minimum Gasteiger partial charge on any atom is -0.484 e. The zero-order valence-electron chi connectivity index (χ0n) is 14.8. The van der Waals surface area contributed by atoms with Gasteiger partial charge in [0.15, 0.2) is 6.61 Å². The monoisotopic (exact) mass is 380 g/mol. The number of halogens is 3. The highest BCUT2D eigenvalue weighted by Crippen LogP contribution is 2.19. The van der Waals surface area contributed by atoms with Crippen LogP contribution in [0.1, 0.15) is 28.4 Å². The Kier molecular flexibility index (Phi) is 6.44. The Morgan fingerprint density at radius 3 is 2.33 bits per heavy atom. The van der Waals surface area contributed by atoms with Gasteiger partial charge in [-0.2, -0.15) is 13.2 Å². The van der Waals surface area contributed by atoms with E-state index in [9.17, 15) is 22.8 Å². The molecule has 2 N–H and O–H groups in total. The number of hydrogen-bond donors (Lipinski definition) is 2. The topological polar surface area (TPSA) is 67.4 Å². The summed E-state index contributed by atoms with van der Waals surface area (Å²) in [7, 11) is 0. The van der Waals surface area contributed by atoms with Crippen molar-refractivity contribution in [3.05, 3.63) is 59.2 Å². The number of nitrogens with one attached hydrogen (secondary N) is 2. The molecule has 2 aromatic rings. The molecule has 0 heterocycles. The first-order valence-corrected chi connectivity index (χ1v) is 8.09. The molecule has 0 aliphatic carbocycles. The Balaban J connectivity index is 1.94. The second kappa shape index (κ2) is 8.57. The molecule has 2 amide bonds. The number of ether oxygens (including phenoxy) is 1. The van der Waals surface area contributed by atoms with E-state index in [4.69, 9.17) is 0 Å². The van der Waals surface area contributed by atoms with Crippen LogP contribution in [0.3, 0.4) is 0 Å². The van der Waals surface area contributed by atoms with Gasteiger partial charge in [-0.05, 0) is 42.3 Å². The highest BCUT2D eigenvalue weighted by atomic mass is 19.4. The number of carbonyl (C=O) groups excluding carboxylic acids is 2. The van der Waals surface area contributed by atoms with E-state index in [2.05, 4.69) is 15.4 Å². The lowest BCUT2D eigenvalue weighted by Crippen LogP contribution is -2.23. The highest BCUT2D eigenvalue weighted by molar-refractivity contribution is 5.97. The molecule has 144 valence electrons. The summed E-state index contributed by atoms with van der Waals surface area (Å²) in [4.78, 5) is 23.5. The molecule has 0 unspecified atom stereocenters. The van der Waals surface area contributed by atoms with Crippen molar-refractivity contribution in [1.82, 2.24) is 5.32 Å². The first-order valence-electron chi connectivity index (χ1n) is 8.09. The average Bonchev–Trinajstić information content (AvgIpc) is 2.59. The van der Waals surface area contributed by atoms with Gasteiger partial charge in [-0.25, -0.2) is 0 Å². The van der Waals surface area contributed by atoms with Crippen LogP contribution in [0, 0.1) is 6.92 Å². The Morgan fingerprint density at radius 1 is 1.07 bits per heavy atom. The van der Waals surface area contributed by atoms with E-state index in [1.54, 1.807) is 30.3 Å². The van der Waals surface area contributed by atoms with Gasteiger partial charge in [-0.1, -0.05) is 18.2 Å². The smallest absolute Gasteiger partial charge is 0.422 e. The molecule has 27 heavy (non-hydrogen) atoms. The van der Waals surface area contributed by atoms with Gasteiger partial charge in [-0.3, -0.25) is 9.59 Å². The minimum atomic E-state index is -4.39. The standard InChI is InChI=1S/C19H19F3N2O3/c1-12-3-6-15(9-17(12)24-13(2)25)18(26)23-10-14-4-7-16(8-5-14)27-11-19(20,21)22/h3-9H,10-11H2,1-2H3,(H,23,26)(H,24,25). The minimum absolute atomic E-state index is 0.0980. The van der Waals surface area contributed by atoms with Crippen molar-refractivity contribution in [2.24, 2.45) is 0 Å². The zero-order chi connectivity index (χ0) is 20.0.